The van der Waals surface area contributed by atoms with Crippen LogP contribution in [0, 0.1) is 11.6 Å². The van der Waals surface area contributed by atoms with Crippen LogP contribution in [0.4, 0.5) is 17.6 Å². The number of hydrogen-bond acceptors (Lipinski definition) is 2. The molecule has 1 rings (SSSR count). The highest BCUT2D eigenvalue weighted by atomic mass is 19.3. The van der Waals surface area contributed by atoms with Crippen LogP contribution in [-0.4, -0.2) is 13.2 Å². The molecule has 0 N–H and O–H groups in total. The van der Waals surface area contributed by atoms with E-state index in [9.17, 15) is 17.6 Å². The van der Waals surface area contributed by atoms with Crippen molar-refractivity contribution in [3.05, 3.63) is 35.9 Å². The molecule has 0 saturated carbocycles. The Labute approximate surface area is 115 Å². The monoisotopic (exact) mass is 292 g/mol. The number of benzene rings is 1. The Kier molecular flexibility index (Phi) is 6.90. The zero-order valence-electron chi connectivity index (χ0n) is 11.1. The largest absolute Gasteiger partial charge is 0.491 e. The highest BCUT2D eigenvalue weighted by molar-refractivity contribution is 5.34. The zero-order chi connectivity index (χ0) is 15.0. The van der Waals surface area contributed by atoms with E-state index in [1.165, 1.54) is 12.1 Å². The van der Waals surface area contributed by atoms with Gasteiger partial charge in [-0.2, -0.15) is 17.6 Å². The molecular formula is C14H16F4O2. The molecule has 0 fully saturated rings. The van der Waals surface area contributed by atoms with Crippen molar-refractivity contribution in [3.63, 3.8) is 0 Å². The van der Waals surface area contributed by atoms with E-state index in [0.717, 1.165) is 6.08 Å². The van der Waals surface area contributed by atoms with Crippen LogP contribution in [0.15, 0.2) is 24.3 Å². The van der Waals surface area contributed by atoms with Crippen LogP contribution in [0.2, 0.25) is 0 Å². The standard InChI is InChI=1S/C14H16F4O2/c1-2-19-10-7-8-11(14(18)13(10)17)20-9-5-3-4-6-12(15)16/h6-8H,2-5,9H2,1H3. The molecule has 0 saturated heterocycles. The summed E-state index contributed by atoms with van der Waals surface area (Å²) in [5.41, 5.74) is 0. The Morgan fingerprint density at radius 2 is 1.65 bits per heavy atom. The summed E-state index contributed by atoms with van der Waals surface area (Å²) < 4.78 is 60.5. The zero-order valence-corrected chi connectivity index (χ0v) is 11.1. The average molecular weight is 292 g/mol. The molecule has 1 aromatic carbocycles. The molecule has 0 aliphatic carbocycles. The number of allylic oxidation sites excluding steroid dienone is 1. The van der Waals surface area contributed by atoms with Crippen LogP contribution < -0.4 is 9.47 Å². The van der Waals surface area contributed by atoms with Gasteiger partial charge < -0.3 is 9.47 Å². The first-order valence-corrected chi connectivity index (χ1v) is 6.31. The molecule has 0 bridgehead atoms. The van der Waals surface area contributed by atoms with Gasteiger partial charge in [-0.05, 0) is 44.4 Å². The van der Waals surface area contributed by atoms with Gasteiger partial charge in [0, 0.05) is 0 Å². The minimum atomic E-state index is -1.72. The number of ether oxygens (including phenoxy) is 2. The van der Waals surface area contributed by atoms with Crippen molar-refractivity contribution in [1.82, 2.24) is 0 Å². The van der Waals surface area contributed by atoms with Gasteiger partial charge in [0.15, 0.2) is 11.5 Å². The Balaban J connectivity index is 2.45. The van der Waals surface area contributed by atoms with Gasteiger partial charge in [0.2, 0.25) is 11.6 Å². The lowest BCUT2D eigenvalue weighted by atomic mass is 10.2. The summed E-state index contributed by atoms with van der Waals surface area (Å²) in [5.74, 6) is -2.57. The van der Waals surface area contributed by atoms with Gasteiger partial charge in [-0.3, -0.25) is 0 Å². The summed E-state index contributed by atoms with van der Waals surface area (Å²) in [6, 6.07) is 2.57. The second kappa shape index (κ2) is 8.45. The SMILES string of the molecule is CCOc1ccc(OCCCCC=C(F)F)c(F)c1F. The van der Waals surface area contributed by atoms with Gasteiger partial charge in [0.1, 0.15) is 0 Å². The number of unbranched alkanes of at least 4 members (excludes halogenated alkanes) is 2. The van der Waals surface area contributed by atoms with Crippen molar-refractivity contribution in [1.29, 1.82) is 0 Å². The molecule has 1 aromatic rings. The van der Waals surface area contributed by atoms with Gasteiger partial charge in [-0.25, -0.2) is 0 Å². The highest BCUT2D eigenvalue weighted by Gasteiger charge is 2.15. The third-order valence-electron chi connectivity index (χ3n) is 2.47. The fourth-order valence-corrected chi connectivity index (χ4v) is 1.53. The Morgan fingerprint density at radius 1 is 1.05 bits per heavy atom. The summed E-state index contributed by atoms with van der Waals surface area (Å²) in [7, 11) is 0. The molecule has 0 unspecified atom stereocenters. The molecule has 0 aromatic heterocycles. The molecule has 0 amide bonds. The smallest absolute Gasteiger partial charge is 0.266 e. The molecule has 0 spiro atoms. The summed E-state index contributed by atoms with van der Waals surface area (Å²) >= 11 is 0. The van der Waals surface area contributed by atoms with Gasteiger partial charge in [-0.1, -0.05) is 0 Å². The third kappa shape index (κ3) is 5.11. The van der Waals surface area contributed by atoms with Crippen molar-refractivity contribution in [3.8, 4) is 11.5 Å². The number of halogens is 4. The van der Waals surface area contributed by atoms with Crippen LogP contribution >= 0.6 is 0 Å². The van der Waals surface area contributed by atoms with E-state index < -0.39 is 17.7 Å². The Hall–Kier alpha value is -1.72. The Bertz CT molecular complexity index is 457. The van der Waals surface area contributed by atoms with Crippen LogP contribution in [0.1, 0.15) is 26.2 Å². The van der Waals surface area contributed by atoms with Gasteiger partial charge >= 0.3 is 0 Å². The topological polar surface area (TPSA) is 18.5 Å². The third-order valence-corrected chi connectivity index (χ3v) is 2.47. The van der Waals surface area contributed by atoms with Crippen molar-refractivity contribution < 1.29 is 27.0 Å². The summed E-state index contributed by atoms with van der Waals surface area (Å²) in [5, 5.41) is 0. The van der Waals surface area contributed by atoms with E-state index in [-0.39, 0.29) is 31.1 Å². The maximum atomic E-state index is 13.6. The molecule has 0 aliphatic rings. The van der Waals surface area contributed by atoms with Crippen LogP contribution in [0.25, 0.3) is 0 Å². The molecule has 2 nitrogen and oxygen atoms in total. The molecule has 20 heavy (non-hydrogen) atoms. The van der Waals surface area contributed by atoms with Gasteiger partial charge in [0.05, 0.1) is 13.2 Å². The highest BCUT2D eigenvalue weighted by Crippen LogP contribution is 2.27. The van der Waals surface area contributed by atoms with E-state index in [4.69, 9.17) is 9.47 Å². The maximum Gasteiger partial charge on any atom is 0.266 e. The summed E-state index contributed by atoms with van der Waals surface area (Å²) in [6.07, 6.45) is 0.282. The average Bonchev–Trinajstić information content (AvgIpc) is 2.41. The normalized spacial score (nSPS) is 10.2. The fourth-order valence-electron chi connectivity index (χ4n) is 1.53. The predicted octanol–water partition coefficient (Wildman–Crippen LogP) is 4.69. The first-order valence-electron chi connectivity index (χ1n) is 6.31. The van der Waals surface area contributed by atoms with Crippen LogP contribution in [0.3, 0.4) is 0 Å². The van der Waals surface area contributed by atoms with Gasteiger partial charge in [-0.15, -0.1) is 0 Å². The summed E-state index contributed by atoms with van der Waals surface area (Å²) in [6.45, 7) is 2.03. The van der Waals surface area contributed by atoms with E-state index >= 15 is 0 Å². The maximum absolute atomic E-state index is 13.6. The van der Waals surface area contributed by atoms with Gasteiger partial charge in [0.25, 0.3) is 6.08 Å². The first-order chi connectivity index (χ1) is 9.56. The minimum absolute atomic E-state index is 0.131. The lowest BCUT2D eigenvalue weighted by Gasteiger charge is -2.10. The number of rotatable bonds is 8. The van der Waals surface area contributed by atoms with Crippen molar-refractivity contribution in [2.24, 2.45) is 0 Å². The van der Waals surface area contributed by atoms with Crippen molar-refractivity contribution in [2.75, 3.05) is 13.2 Å². The van der Waals surface area contributed by atoms with Crippen LogP contribution in [0.5, 0.6) is 11.5 Å². The molecule has 6 heteroatoms. The quantitative estimate of drug-likeness (QED) is 0.511. The van der Waals surface area contributed by atoms with E-state index in [0.29, 0.717) is 12.8 Å². The lowest BCUT2D eigenvalue weighted by Crippen LogP contribution is -2.03. The van der Waals surface area contributed by atoms with E-state index in [1.54, 1.807) is 6.92 Å². The molecule has 0 heterocycles. The fraction of sp³-hybridized carbons (Fsp3) is 0.429. The Morgan fingerprint density at radius 3 is 2.20 bits per heavy atom. The molecule has 112 valence electrons. The second-order valence-electron chi connectivity index (χ2n) is 3.96. The molecule has 0 radical (unpaired) electrons. The first kappa shape index (κ1) is 16.3. The molecule has 0 aliphatic heterocycles. The predicted molar refractivity (Wildman–Crippen MR) is 67.2 cm³/mol. The second-order valence-corrected chi connectivity index (χ2v) is 3.96. The molecular weight excluding hydrogens is 276 g/mol. The van der Waals surface area contributed by atoms with Crippen molar-refractivity contribution >= 4 is 0 Å². The summed E-state index contributed by atoms with van der Waals surface area (Å²) in [4.78, 5) is 0. The van der Waals surface area contributed by atoms with Crippen LogP contribution in [-0.2, 0) is 0 Å². The van der Waals surface area contributed by atoms with E-state index in [2.05, 4.69) is 0 Å². The number of hydrogen-bond donors (Lipinski definition) is 0. The lowest BCUT2D eigenvalue weighted by molar-refractivity contribution is 0.276. The minimum Gasteiger partial charge on any atom is -0.491 e. The van der Waals surface area contributed by atoms with Crippen molar-refractivity contribution in [2.45, 2.75) is 26.2 Å². The van der Waals surface area contributed by atoms with E-state index in [1.807, 2.05) is 0 Å². The molecule has 0 atom stereocenters.